The first-order valence-electron chi connectivity index (χ1n) is 18.5. The monoisotopic (exact) mass is 680 g/mol. The van der Waals surface area contributed by atoms with Gasteiger partial charge in [0.15, 0.2) is 0 Å². The van der Waals surface area contributed by atoms with Crippen molar-refractivity contribution in [3.8, 4) is 22.3 Å². The van der Waals surface area contributed by atoms with Gasteiger partial charge in [-0.15, -0.1) is 0 Å². The van der Waals surface area contributed by atoms with E-state index in [1.807, 2.05) is 0 Å². The highest BCUT2D eigenvalue weighted by Gasteiger charge is 2.17. The number of fused-ring (bicyclic) bond motifs is 2. The lowest BCUT2D eigenvalue weighted by Gasteiger charge is -2.27. The maximum atomic E-state index is 2.37. The fraction of sp³-hybridized carbons (Fsp3) is 0.0588. The van der Waals surface area contributed by atoms with Crippen LogP contribution in [-0.4, -0.2) is 7.05 Å². The zero-order valence-corrected chi connectivity index (χ0v) is 29.9. The first-order valence-corrected chi connectivity index (χ1v) is 18.5. The van der Waals surface area contributed by atoms with Crippen LogP contribution in [0.1, 0.15) is 18.4 Å². The molecule has 0 saturated heterocycles. The number of rotatable bonds is 8. The molecule has 0 aromatic heterocycles. The maximum absolute atomic E-state index is 2.37. The molecular weight excluding hydrogens is 641 g/mol. The fourth-order valence-corrected chi connectivity index (χ4v) is 7.71. The van der Waals surface area contributed by atoms with Gasteiger partial charge in [-0.1, -0.05) is 146 Å². The van der Waals surface area contributed by atoms with E-state index in [-0.39, 0.29) is 0 Å². The summed E-state index contributed by atoms with van der Waals surface area (Å²) >= 11 is 0. The summed E-state index contributed by atoms with van der Waals surface area (Å²) in [5.41, 5.74) is 13.0. The van der Waals surface area contributed by atoms with Crippen LogP contribution in [0.15, 0.2) is 200 Å². The van der Waals surface area contributed by atoms with Gasteiger partial charge < -0.3 is 9.80 Å². The Morgan fingerprint density at radius 1 is 0.396 bits per heavy atom. The topological polar surface area (TPSA) is 6.48 Å². The predicted octanol–water partition coefficient (Wildman–Crippen LogP) is 14.3. The molecule has 2 heteroatoms. The van der Waals surface area contributed by atoms with Crippen LogP contribution < -0.4 is 9.80 Å². The lowest BCUT2D eigenvalue weighted by atomic mass is 9.98. The third kappa shape index (κ3) is 6.41. The molecule has 53 heavy (non-hydrogen) atoms. The number of nitrogens with zero attached hydrogens (tertiary/aromatic N) is 2. The van der Waals surface area contributed by atoms with Gasteiger partial charge in [0.05, 0.1) is 5.69 Å². The first-order chi connectivity index (χ1) is 26.2. The number of hydrogen-bond acceptors (Lipinski definition) is 2. The molecule has 0 saturated carbocycles. The Bertz CT molecular complexity index is 2560. The summed E-state index contributed by atoms with van der Waals surface area (Å²) < 4.78 is 0. The van der Waals surface area contributed by atoms with E-state index in [9.17, 15) is 0 Å². The molecule has 0 N–H and O–H groups in total. The van der Waals surface area contributed by atoms with Crippen molar-refractivity contribution in [1.29, 1.82) is 0 Å². The lowest BCUT2D eigenvalue weighted by molar-refractivity contribution is 1.04. The molecule has 0 bridgehead atoms. The number of benzene rings is 8. The summed E-state index contributed by atoms with van der Waals surface area (Å²) in [4.78, 5) is 4.70. The minimum Gasteiger partial charge on any atom is -0.344 e. The largest absolute Gasteiger partial charge is 0.344 e. The predicted molar refractivity (Wildman–Crippen MR) is 228 cm³/mol. The van der Waals surface area contributed by atoms with Crippen LogP contribution in [0.25, 0.3) is 49.4 Å². The number of allylic oxidation sites excluding steroid dienone is 4. The quantitative estimate of drug-likeness (QED) is 0.147. The van der Waals surface area contributed by atoms with Crippen molar-refractivity contribution in [2.24, 2.45) is 0 Å². The molecule has 1 aliphatic carbocycles. The summed E-state index contributed by atoms with van der Waals surface area (Å²) in [7, 11) is 2.18. The van der Waals surface area contributed by atoms with E-state index in [1.54, 1.807) is 0 Å². The highest BCUT2D eigenvalue weighted by Crippen LogP contribution is 2.41. The molecule has 0 spiro atoms. The normalized spacial score (nSPS) is 12.5. The average Bonchev–Trinajstić information content (AvgIpc) is 3.24. The van der Waals surface area contributed by atoms with Gasteiger partial charge in [-0.25, -0.2) is 0 Å². The Kier molecular flexibility index (Phi) is 8.63. The average molecular weight is 681 g/mol. The second-order valence-corrected chi connectivity index (χ2v) is 13.8. The summed E-state index contributed by atoms with van der Waals surface area (Å²) in [6, 6.07) is 66.0. The fourth-order valence-electron chi connectivity index (χ4n) is 7.71. The van der Waals surface area contributed by atoms with Crippen molar-refractivity contribution in [3.05, 3.63) is 206 Å². The van der Waals surface area contributed by atoms with Gasteiger partial charge in [-0.05, 0) is 112 Å². The molecule has 9 rings (SSSR count). The molecule has 0 aliphatic heterocycles. The van der Waals surface area contributed by atoms with Gasteiger partial charge in [0.2, 0.25) is 0 Å². The molecule has 0 unspecified atom stereocenters. The molecule has 0 fully saturated rings. The van der Waals surface area contributed by atoms with Crippen molar-refractivity contribution < 1.29 is 0 Å². The standard InChI is InChI=1S/C51H40N2/c1-52(51-49-24-10-8-18-43(49)34-44-19-9-11-25-50(44)51)45-30-26-39(27-31-45)40-28-32-46(33-29-40)53(47-22-12-20-41(35-47)37-14-4-2-5-15-37)48-23-13-21-42(36-48)38-16-6-3-7-17-38/h2,4-6,8-36H,3,7H2,1H3. The van der Waals surface area contributed by atoms with E-state index in [0.29, 0.717) is 0 Å². The molecule has 1 aliphatic rings. The zero-order chi connectivity index (χ0) is 35.6. The Morgan fingerprint density at radius 2 is 0.925 bits per heavy atom. The highest BCUT2D eigenvalue weighted by molar-refractivity contribution is 6.12. The Hall–Kier alpha value is -6.64. The molecule has 254 valence electrons. The first kappa shape index (κ1) is 32.3. The molecule has 2 nitrogen and oxygen atoms in total. The smallest absolute Gasteiger partial charge is 0.0567 e. The molecule has 8 aromatic carbocycles. The Morgan fingerprint density at radius 3 is 1.55 bits per heavy atom. The molecular formula is C51H40N2. The van der Waals surface area contributed by atoms with Crippen molar-refractivity contribution in [2.45, 2.75) is 12.8 Å². The third-order valence-electron chi connectivity index (χ3n) is 10.4. The molecule has 0 atom stereocenters. The van der Waals surface area contributed by atoms with Crippen LogP contribution in [0, 0.1) is 0 Å². The van der Waals surface area contributed by atoms with Crippen molar-refractivity contribution >= 4 is 55.6 Å². The Labute approximate surface area is 312 Å². The van der Waals surface area contributed by atoms with Gasteiger partial charge in [-0.2, -0.15) is 0 Å². The SMILES string of the molecule is CN(c1ccc(-c2ccc(N(c3cccc(C4=CCCC=C4)c3)c3cccc(-c4ccccc4)c3)cc2)cc1)c1c2ccccc2cc2ccccc12. The minimum absolute atomic E-state index is 1.08. The summed E-state index contributed by atoms with van der Waals surface area (Å²) in [5, 5.41) is 5.01. The van der Waals surface area contributed by atoms with Gasteiger partial charge in [0.25, 0.3) is 0 Å². The second kappa shape index (κ2) is 14.2. The molecule has 8 aromatic rings. The van der Waals surface area contributed by atoms with Crippen LogP contribution in [0.5, 0.6) is 0 Å². The molecule has 0 radical (unpaired) electrons. The number of hydrogen-bond donors (Lipinski definition) is 0. The van der Waals surface area contributed by atoms with Crippen molar-refractivity contribution in [1.82, 2.24) is 0 Å². The summed E-state index contributed by atoms with van der Waals surface area (Å²) in [6.45, 7) is 0. The van der Waals surface area contributed by atoms with Gasteiger partial charge in [0.1, 0.15) is 0 Å². The van der Waals surface area contributed by atoms with Gasteiger partial charge >= 0.3 is 0 Å². The number of anilines is 5. The van der Waals surface area contributed by atoms with Crippen molar-refractivity contribution in [3.63, 3.8) is 0 Å². The van der Waals surface area contributed by atoms with E-state index in [1.165, 1.54) is 60.6 Å². The molecule has 0 heterocycles. The van der Waals surface area contributed by atoms with Crippen LogP contribution in [-0.2, 0) is 0 Å². The van der Waals surface area contributed by atoms with Crippen LogP contribution >= 0.6 is 0 Å². The summed E-state index contributed by atoms with van der Waals surface area (Å²) in [6.07, 6.45) is 9.07. The van der Waals surface area contributed by atoms with E-state index < -0.39 is 0 Å². The van der Waals surface area contributed by atoms with E-state index in [4.69, 9.17) is 0 Å². The van der Waals surface area contributed by atoms with Crippen LogP contribution in [0.3, 0.4) is 0 Å². The third-order valence-corrected chi connectivity index (χ3v) is 10.4. The van der Waals surface area contributed by atoms with Gasteiger partial charge in [-0.3, -0.25) is 0 Å². The van der Waals surface area contributed by atoms with Crippen molar-refractivity contribution in [2.75, 3.05) is 16.8 Å². The lowest BCUT2D eigenvalue weighted by Crippen LogP contribution is -2.10. The van der Waals surface area contributed by atoms with Crippen LogP contribution in [0.2, 0.25) is 0 Å². The van der Waals surface area contributed by atoms with E-state index in [0.717, 1.165) is 35.6 Å². The van der Waals surface area contributed by atoms with E-state index in [2.05, 4.69) is 217 Å². The maximum Gasteiger partial charge on any atom is 0.0567 e. The van der Waals surface area contributed by atoms with E-state index >= 15 is 0 Å². The molecule has 0 amide bonds. The van der Waals surface area contributed by atoms with Gasteiger partial charge in [0, 0.05) is 40.6 Å². The zero-order valence-electron chi connectivity index (χ0n) is 29.9. The summed E-state index contributed by atoms with van der Waals surface area (Å²) in [5.74, 6) is 0. The minimum atomic E-state index is 1.08. The van der Waals surface area contributed by atoms with Crippen LogP contribution in [0.4, 0.5) is 28.4 Å². The Balaban J connectivity index is 1.06. The second-order valence-electron chi connectivity index (χ2n) is 13.8. The highest BCUT2D eigenvalue weighted by atomic mass is 15.1.